The molecular formula is C11H11F6NO3S. The molecule has 1 aromatic carbocycles. The van der Waals surface area contributed by atoms with Crippen LogP contribution in [0.1, 0.15) is 18.1 Å². The van der Waals surface area contributed by atoms with Gasteiger partial charge in [-0.25, -0.2) is 13.1 Å². The summed E-state index contributed by atoms with van der Waals surface area (Å²) in [5, 5.41) is 8.95. The summed E-state index contributed by atoms with van der Waals surface area (Å²) in [7, 11) is -4.88. The second-order valence-corrected chi connectivity index (χ2v) is 6.14. The Morgan fingerprint density at radius 1 is 1.14 bits per heavy atom. The van der Waals surface area contributed by atoms with Gasteiger partial charge in [-0.2, -0.15) is 26.3 Å². The molecule has 0 bridgehead atoms. The summed E-state index contributed by atoms with van der Waals surface area (Å²) in [4.78, 5) is -1.55. The molecule has 0 aromatic heterocycles. The topological polar surface area (TPSA) is 66.4 Å². The lowest BCUT2D eigenvalue weighted by Crippen LogP contribution is -2.32. The van der Waals surface area contributed by atoms with Crippen molar-refractivity contribution >= 4 is 10.0 Å². The predicted molar refractivity (Wildman–Crippen MR) is 63.3 cm³/mol. The molecule has 0 aliphatic rings. The van der Waals surface area contributed by atoms with Crippen LogP contribution in [0, 0.1) is 0 Å². The van der Waals surface area contributed by atoms with Gasteiger partial charge in [0.2, 0.25) is 10.0 Å². The van der Waals surface area contributed by atoms with E-state index in [2.05, 4.69) is 0 Å². The third-order valence-corrected chi connectivity index (χ3v) is 3.94. The van der Waals surface area contributed by atoms with Crippen LogP contribution < -0.4 is 4.72 Å². The van der Waals surface area contributed by atoms with E-state index in [0.717, 1.165) is 6.92 Å². The minimum atomic E-state index is -5.15. The average molecular weight is 351 g/mol. The zero-order valence-corrected chi connectivity index (χ0v) is 11.8. The summed E-state index contributed by atoms with van der Waals surface area (Å²) in [5.41, 5.74) is -3.25. The van der Waals surface area contributed by atoms with Gasteiger partial charge in [-0.15, -0.1) is 0 Å². The minimum absolute atomic E-state index is 0.0553. The van der Waals surface area contributed by atoms with Crippen molar-refractivity contribution in [2.45, 2.75) is 30.3 Å². The zero-order valence-electron chi connectivity index (χ0n) is 11.0. The van der Waals surface area contributed by atoms with Crippen LogP contribution in [0.15, 0.2) is 23.1 Å². The van der Waals surface area contributed by atoms with Crippen LogP contribution >= 0.6 is 0 Å². The highest BCUT2D eigenvalue weighted by Crippen LogP contribution is 2.38. The van der Waals surface area contributed by atoms with Crippen molar-refractivity contribution in [2.24, 2.45) is 0 Å². The maximum atomic E-state index is 12.8. The summed E-state index contributed by atoms with van der Waals surface area (Å²) in [6.07, 6.45) is -11.4. The molecule has 1 aromatic rings. The number of benzene rings is 1. The van der Waals surface area contributed by atoms with Crippen molar-refractivity contribution in [3.8, 4) is 0 Å². The van der Waals surface area contributed by atoms with E-state index >= 15 is 0 Å². The Labute approximate surface area is 121 Å². The number of nitrogens with one attached hydrogen (secondary N) is 1. The molecule has 0 saturated heterocycles. The Balaban J connectivity index is 3.47. The molecule has 22 heavy (non-hydrogen) atoms. The maximum Gasteiger partial charge on any atom is 0.417 e. The van der Waals surface area contributed by atoms with Crippen molar-refractivity contribution in [1.29, 1.82) is 0 Å². The van der Waals surface area contributed by atoms with Crippen LogP contribution in [0.25, 0.3) is 0 Å². The van der Waals surface area contributed by atoms with E-state index in [0.29, 0.717) is 0 Å². The molecule has 0 radical (unpaired) electrons. The summed E-state index contributed by atoms with van der Waals surface area (Å²) in [6, 6.07) is 0.115. The second kappa shape index (κ2) is 6.05. The van der Waals surface area contributed by atoms with E-state index in [-0.39, 0.29) is 18.2 Å². The van der Waals surface area contributed by atoms with Crippen molar-refractivity contribution in [2.75, 3.05) is 6.54 Å². The Morgan fingerprint density at radius 3 is 2.09 bits per heavy atom. The molecule has 0 unspecified atom stereocenters. The van der Waals surface area contributed by atoms with Gasteiger partial charge in [-0.05, 0) is 25.1 Å². The van der Waals surface area contributed by atoms with Gasteiger partial charge < -0.3 is 5.11 Å². The molecule has 0 aliphatic heterocycles. The van der Waals surface area contributed by atoms with Crippen molar-refractivity contribution in [3.05, 3.63) is 29.3 Å². The molecule has 0 saturated carbocycles. The first-order valence-corrected chi connectivity index (χ1v) is 7.19. The Hall–Kier alpha value is -1.33. The van der Waals surface area contributed by atoms with E-state index < -0.39 is 51.0 Å². The van der Waals surface area contributed by atoms with E-state index in [1.165, 1.54) is 0 Å². The number of aliphatic hydroxyl groups excluding tert-OH is 1. The third-order valence-electron chi connectivity index (χ3n) is 2.47. The van der Waals surface area contributed by atoms with Gasteiger partial charge in [0.15, 0.2) is 0 Å². The largest absolute Gasteiger partial charge is 0.417 e. The van der Waals surface area contributed by atoms with Crippen LogP contribution in [-0.2, 0) is 22.4 Å². The Morgan fingerprint density at radius 2 is 1.68 bits per heavy atom. The molecule has 0 aliphatic carbocycles. The number of sulfonamides is 1. The molecule has 1 rings (SSSR count). The molecule has 1 atom stereocenters. The smallest absolute Gasteiger partial charge is 0.392 e. The van der Waals surface area contributed by atoms with Gasteiger partial charge >= 0.3 is 12.4 Å². The van der Waals surface area contributed by atoms with Gasteiger partial charge in [0, 0.05) is 6.54 Å². The summed E-state index contributed by atoms with van der Waals surface area (Å²) < 4.78 is 101. The van der Waals surface area contributed by atoms with Crippen LogP contribution in [0.2, 0.25) is 0 Å². The fourth-order valence-corrected chi connectivity index (χ4v) is 2.83. The molecule has 0 fully saturated rings. The number of hydrogen-bond acceptors (Lipinski definition) is 3. The molecule has 0 amide bonds. The van der Waals surface area contributed by atoms with Crippen LogP contribution in [0.4, 0.5) is 26.3 Å². The lowest BCUT2D eigenvalue weighted by Gasteiger charge is -2.16. The Bertz CT molecular complexity index is 636. The van der Waals surface area contributed by atoms with Gasteiger partial charge in [0.1, 0.15) is 0 Å². The second-order valence-electron chi connectivity index (χ2n) is 4.41. The van der Waals surface area contributed by atoms with E-state index in [9.17, 15) is 34.8 Å². The zero-order chi connectivity index (χ0) is 17.3. The van der Waals surface area contributed by atoms with Crippen molar-refractivity contribution in [3.63, 3.8) is 0 Å². The van der Waals surface area contributed by atoms with Gasteiger partial charge in [0.25, 0.3) is 0 Å². The predicted octanol–water partition coefficient (Wildman–Crippen LogP) is 2.38. The fourth-order valence-electron chi connectivity index (χ4n) is 1.46. The Kier molecular flexibility index (Phi) is 5.15. The fraction of sp³-hybridized carbons (Fsp3) is 0.455. The number of rotatable bonds is 4. The van der Waals surface area contributed by atoms with Crippen molar-refractivity contribution < 1.29 is 39.9 Å². The standard InChI is InChI=1S/C11H11F6NO3S/c1-6(19)5-18-22(20,21)9-4-7(10(12,13)14)2-3-8(9)11(15,16)17/h2-4,6,18-19H,5H2,1H3/t6-/m0/s1. The van der Waals surface area contributed by atoms with Gasteiger partial charge in [-0.1, -0.05) is 0 Å². The highest BCUT2D eigenvalue weighted by molar-refractivity contribution is 7.89. The molecule has 11 heteroatoms. The first-order valence-electron chi connectivity index (χ1n) is 5.71. The molecule has 2 N–H and O–H groups in total. The van der Waals surface area contributed by atoms with Crippen molar-refractivity contribution in [1.82, 2.24) is 4.72 Å². The molecule has 126 valence electrons. The molecule has 4 nitrogen and oxygen atoms in total. The average Bonchev–Trinajstić information content (AvgIpc) is 2.33. The summed E-state index contributed by atoms with van der Waals surface area (Å²) in [6.45, 7) is 0.509. The highest BCUT2D eigenvalue weighted by Gasteiger charge is 2.40. The lowest BCUT2D eigenvalue weighted by atomic mass is 10.1. The van der Waals surface area contributed by atoms with Gasteiger partial charge in [-0.3, -0.25) is 0 Å². The molecular weight excluding hydrogens is 340 g/mol. The summed E-state index contributed by atoms with van der Waals surface area (Å²) in [5.74, 6) is 0. The molecule has 0 heterocycles. The SMILES string of the molecule is C[C@H](O)CNS(=O)(=O)c1cc(C(F)(F)F)ccc1C(F)(F)F. The lowest BCUT2D eigenvalue weighted by molar-refractivity contribution is -0.143. The number of alkyl halides is 6. The quantitative estimate of drug-likeness (QED) is 0.819. The monoisotopic (exact) mass is 351 g/mol. The highest BCUT2D eigenvalue weighted by atomic mass is 32.2. The first kappa shape index (κ1) is 18.7. The van der Waals surface area contributed by atoms with Crippen LogP contribution in [0.5, 0.6) is 0 Å². The molecule has 0 spiro atoms. The first-order chi connectivity index (χ1) is 9.75. The van der Waals surface area contributed by atoms with Gasteiger partial charge in [0.05, 0.1) is 22.1 Å². The summed E-state index contributed by atoms with van der Waals surface area (Å²) >= 11 is 0. The minimum Gasteiger partial charge on any atom is -0.392 e. The van der Waals surface area contributed by atoms with E-state index in [1.807, 2.05) is 0 Å². The third kappa shape index (κ3) is 4.58. The number of halogens is 6. The maximum absolute atomic E-state index is 12.8. The number of hydrogen-bond donors (Lipinski definition) is 2. The van der Waals surface area contributed by atoms with E-state index in [4.69, 9.17) is 5.11 Å². The normalized spacial score (nSPS) is 14.9. The van der Waals surface area contributed by atoms with E-state index in [1.54, 1.807) is 4.72 Å². The van der Waals surface area contributed by atoms with Crippen LogP contribution in [0.3, 0.4) is 0 Å². The van der Waals surface area contributed by atoms with Crippen LogP contribution in [-0.4, -0.2) is 26.2 Å². The number of aliphatic hydroxyl groups is 1.